The second kappa shape index (κ2) is 9.42. The molecule has 4 aromatic rings. The fraction of sp³-hybridized carbons (Fsp3) is 0.238. The Bertz CT molecular complexity index is 1140. The molecule has 2 aromatic heterocycles. The van der Waals surface area contributed by atoms with E-state index in [1.54, 1.807) is 19.2 Å². The predicted octanol–water partition coefficient (Wildman–Crippen LogP) is 4.90. The van der Waals surface area contributed by atoms with Crippen molar-refractivity contribution in [2.75, 3.05) is 13.7 Å². The second-order valence-corrected chi connectivity index (χ2v) is 8.01. The standard InChI is InChI=1S/C21H20ClN5O2S/c1-14-5-3-7-16(11-14)20-24-25-21(27(20)9-10-28-2)30-13-18-23-19(26-29-18)15-6-4-8-17(22)12-15/h3-8,11-12H,9-10,13H2,1-2H3. The average Bonchev–Trinajstić information content (AvgIpc) is 3.38. The normalized spacial score (nSPS) is 11.2. The van der Waals surface area contributed by atoms with Crippen molar-refractivity contribution in [1.82, 2.24) is 24.9 Å². The van der Waals surface area contributed by atoms with Crippen molar-refractivity contribution in [3.63, 3.8) is 0 Å². The number of thioether (sulfide) groups is 1. The number of benzene rings is 2. The molecule has 154 valence electrons. The number of methoxy groups -OCH3 is 1. The molecule has 9 heteroatoms. The molecule has 0 spiro atoms. The zero-order valence-electron chi connectivity index (χ0n) is 16.6. The Balaban J connectivity index is 1.53. The van der Waals surface area contributed by atoms with E-state index in [4.69, 9.17) is 20.9 Å². The van der Waals surface area contributed by atoms with Crippen LogP contribution in [0.4, 0.5) is 0 Å². The van der Waals surface area contributed by atoms with E-state index in [1.165, 1.54) is 17.3 Å². The molecule has 0 N–H and O–H groups in total. The van der Waals surface area contributed by atoms with E-state index < -0.39 is 0 Å². The van der Waals surface area contributed by atoms with Crippen LogP contribution in [0.5, 0.6) is 0 Å². The highest BCUT2D eigenvalue weighted by molar-refractivity contribution is 7.98. The van der Waals surface area contributed by atoms with Crippen LogP contribution < -0.4 is 0 Å². The lowest BCUT2D eigenvalue weighted by molar-refractivity contribution is 0.185. The third-order valence-corrected chi connectivity index (χ3v) is 5.57. The van der Waals surface area contributed by atoms with Crippen molar-refractivity contribution in [3.05, 3.63) is 65.0 Å². The van der Waals surface area contributed by atoms with Gasteiger partial charge >= 0.3 is 0 Å². The van der Waals surface area contributed by atoms with Crippen LogP contribution >= 0.6 is 23.4 Å². The molecule has 0 unspecified atom stereocenters. The molecule has 0 amide bonds. The topological polar surface area (TPSA) is 78.9 Å². The SMILES string of the molecule is COCCn1c(SCc2nc(-c3cccc(Cl)c3)no2)nnc1-c1cccc(C)c1. The first-order chi connectivity index (χ1) is 14.6. The van der Waals surface area contributed by atoms with Crippen LogP contribution in [0.25, 0.3) is 22.8 Å². The first kappa shape index (κ1) is 20.6. The number of nitrogens with zero attached hydrogens (tertiary/aromatic N) is 5. The summed E-state index contributed by atoms with van der Waals surface area (Å²) in [6.07, 6.45) is 0. The van der Waals surface area contributed by atoms with Crippen molar-refractivity contribution in [3.8, 4) is 22.8 Å². The van der Waals surface area contributed by atoms with Crippen LogP contribution in [-0.4, -0.2) is 38.6 Å². The van der Waals surface area contributed by atoms with Crippen LogP contribution in [0.3, 0.4) is 0 Å². The Morgan fingerprint density at radius 1 is 1.10 bits per heavy atom. The van der Waals surface area contributed by atoms with E-state index >= 15 is 0 Å². The van der Waals surface area contributed by atoms with E-state index in [0.717, 1.165) is 22.1 Å². The summed E-state index contributed by atoms with van der Waals surface area (Å²) in [4.78, 5) is 4.47. The minimum atomic E-state index is 0.479. The number of hydrogen-bond acceptors (Lipinski definition) is 7. The largest absolute Gasteiger partial charge is 0.383 e. The molecule has 7 nitrogen and oxygen atoms in total. The monoisotopic (exact) mass is 441 g/mol. The van der Waals surface area contributed by atoms with Crippen molar-refractivity contribution >= 4 is 23.4 Å². The molecular formula is C21H20ClN5O2S. The highest BCUT2D eigenvalue weighted by Crippen LogP contribution is 2.27. The maximum absolute atomic E-state index is 6.05. The number of ether oxygens (including phenoxy) is 1. The van der Waals surface area contributed by atoms with E-state index in [1.807, 2.05) is 24.3 Å². The van der Waals surface area contributed by atoms with Crippen LogP contribution in [0.15, 0.2) is 58.2 Å². The van der Waals surface area contributed by atoms with Gasteiger partial charge in [-0.05, 0) is 25.1 Å². The Hall–Kier alpha value is -2.68. The van der Waals surface area contributed by atoms with Gasteiger partial charge in [-0.15, -0.1) is 10.2 Å². The van der Waals surface area contributed by atoms with Gasteiger partial charge in [-0.25, -0.2) is 0 Å². The van der Waals surface area contributed by atoms with Crippen molar-refractivity contribution < 1.29 is 9.26 Å². The Labute approximate surface area is 183 Å². The Kier molecular flexibility index (Phi) is 6.47. The third-order valence-electron chi connectivity index (χ3n) is 4.39. The number of aromatic nitrogens is 5. The summed E-state index contributed by atoms with van der Waals surface area (Å²) in [7, 11) is 1.68. The summed E-state index contributed by atoms with van der Waals surface area (Å²) in [5.74, 6) is 2.30. The molecule has 4 rings (SSSR count). The molecule has 30 heavy (non-hydrogen) atoms. The van der Waals surface area contributed by atoms with E-state index in [9.17, 15) is 0 Å². The molecule has 0 saturated heterocycles. The Morgan fingerprint density at radius 3 is 2.73 bits per heavy atom. The lowest BCUT2D eigenvalue weighted by atomic mass is 10.1. The first-order valence-electron chi connectivity index (χ1n) is 9.34. The molecule has 0 aliphatic carbocycles. The summed E-state index contributed by atoms with van der Waals surface area (Å²) in [5.41, 5.74) is 3.00. The average molecular weight is 442 g/mol. The van der Waals surface area contributed by atoms with Crippen molar-refractivity contribution in [2.24, 2.45) is 0 Å². The molecule has 0 saturated carbocycles. The third kappa shape index (κ3) is 4.72. The van der Waals surface area contributed by atoms with E-state index in [-0.39, 0.29) is 0 Å². The minimum Gasteiger partial charge on any atom is -0.383 e. The van der Waals surface area contributed by atoms with Gasteiger partial charge in [0, 0.05) is 23.3 Å². The van der Waals surface area contributed by atoms with Gasteiger partial charge in [-0.3, -0.25) is 4.57 Å². The highest BCUT2D eigenvalue weighted by Gasteiger charge is 2.16. The molecule has 0 aliphatic heterocycles. The summed E-state index contributed by atoms with van der Waals surface area (Å²) in [6.45, 7) is 3.26. The smallest absolute Gasteiger partial charge is 0.237 e. The second-order valence-electron chi connectivity index (χ2n) is 6.63. The van der Waals surface area contributed by atoms with Crippen LogP contribution in [0.2, 0.25) is 5.02 Å². The van der Waals surface area contributed by atoms with Crippen molar-refractivity contribution in [2.45, 2.75) is 24.4 Å². The van der Waals surface area contributed by atoms with Crippen LogP contribution in [0, 0.1) is 6.92 Å². The Morgan fingerprint density at radius 2 is 1.93 bits per heavy atom. The fourth-order valence-corrected chi connectivity index (χ4v) is 3.95. The molecule has 0 aliphatic rings. The summed E-state index contributed by atoms with van der Waals surface area (Å²) in [5, 5.41) is 14.2. The number of hydrogen-bond donors (Lipinski definition) is 0. The van der Waals surface area contributed by atoms with Gasteiger partial charge in [0.2, 0.25) is 11.7 Å². The maximum atomic E-state index is 6.05. The van der Waals surface area contributed by atoms with Crippen LogP contribution in [-0.2, 0) is 17.0 Å². The number of halogens is 1. The summed E-state index contributed by atoms with van der Waals surface area (Å²) < 4.78 is 12.7. The predicted molar refractivity (Wildman–Crippen MR) is 116 cm³/mol. The zero-order valence-corrected chi connectivity index (χ0v) is 18.2. The maximum Gasteiger partial charge on any atom is 0.237 e. The quantitative estimate of drug-likeness (QED) is 0.360. The van der Waals surface area contributed by atoms with E-state index in [0.29, 0.717) is 35.6 Å². The summed E-state index contributed by atoms with van der Waals surface area (Å²) >= 11 is 7.54. The van der Waals surface area contributed by atoms with Gasteiger partial charge in [0.25, 0.3) is 0 Å². The molecule has 0 atom stereocenters. The minimum absolute atomic E-state index is 0.479. The molecule has 0 fully saturated rings. The molecule has 2 aromatic carbocycles. The highest BCUT2D eigenvalue weighted by atomic mass is 35.5. The van der Waals surface area contributed by atoms with Crippen molar-refractivity contribution in [1.29, 1.82) is 0 Å². The van der Waals surface area contributed by atoms with Crippen LogP contribution in [0.1, 0.15) is 11.5 Å². The first-order valence-corrected chi connectivity index (χ1v) is 10.7. The van der Waals surface area contributed by atoms with Gasteiger partial charge in [0.05, 0.1) is 18.9 Å². The number of aryl methyl sites for hydroxylation is 1. The number of rotatable bonds is 8. The molecule has 2 heterocycles. The molecular weight excluding hydrogens is 422 g/mol. The lowest BCUT2D eigenvalue weighted by Gasteiger charge is -2.09. The fourth-order valence-electron chi connectivity index (χ4n) is 2.96. The lowest BCUT2D eigenvalue weighted by Crippen LogP contribution is -2.07. The van der Waals surface area contributed by atoms with Gasteiger partial charge < -0.3 is 9.26 Å². The van der Waals surface area contributed by atoms with E-state index in [2.05, 4.69) is 44.0 Å². The molecule has 0 radical (unpaired) electrons. The summed E-state index contributed by atoms with van der Waals surface area (Å²) in [6, 6.07) is 15.6. The van der Waals surface area contributed by atoms with Gasteiger partial charge in [0.1, 0.15) is 0 Å². The zero-order chi connectivity index (χ0) is 20.9. The molecule has 0 bridgehead atoms. The van der Waals surface area contributed by atoms with Gasteiger partial charge in [-0.2, -0.15) is 4.98 Å². The van der Waals surface area contributed by atoms with Gasteiger partial charge in [0.15, 0.2) is 11.0 Å². The van der Waals surface area contributed by atoms with Gasteiger partial charge in [-0.1, -0.05) is 64.4 Å².